The molecule has 94 valence electrons. The summed E-state index contributed by atoms with van der Waals surface area (Å²) in [6, 6.07) is 16.0. The lowest BCUT2D eigenvalue weighted by Crippen LogP contribution is -1.86. The van der Waals surface area contributed by atoms with Crippen molar-refractivity contribution in [3.63, 3.8) is 0 Å². The maximum Gasteiger partial charge on any atom is 0.131 e. The highest BCUT2D eigenvalue weighted by Crippen LogP contribution is 2.35. The molecule has 0 saturated heterocycles. The molecule has 0 aromatic heterocycles. The van der Waals surface area contributed by atoms with E-state index in [1.54, 1.807) is 24.3 Å². The van der Waals surface area contributed by atoms with Gasteiger partial charge in [0.2, 0.25) is 0 Å². The van der Waals surface area contributed by atoms with Gasteiger partial charge in [0.25, 0.3) is 0 Å². The average molecular weight is 252 g/mol. The van der Waals surface area contributed by atoms with Crippen LogP contribution >= 0.6 is 0 Å². The van der Waals surface area contributed by atoms with Gasteiger partial charge in [-0.2, -0.15) is 0 Å². The number of benzene rings is 3. The standard InChI is InChI=1S/C17H13FO/c1-11-5-7-12(8-6-11)13-9-10-16(19)14-3-2-4-15(18)17(13)14/h2-10,19H,1H3. The van der Waals surface area contributed by atoms with Crippen LogP contribution in [-0.2, 0) is 0 Å². The Kier molecular flexibility index (Phi) is 2.71. The first kappa shape index (κ1) is 11.7. The van der Waals surface area contributed by atoms with Crippen molar-refractivity contribution in [1.82, 2.24) is 0 Å². The monoisotopic (exact) mass is 252 g/mol. The van der Waals surface area contributed by atoms with Gasteiger partial charge in [-0.3, -0.25) is 0 Å². The van der Waals surface area contributed by atoms with Crippen molar-refractivity contribution in [2.45, 2.75) is 6.92 Å². The minimum Gasteiger partial charge on any atom is -0.507 e. The topological polar surface area (TPSA) is 20.2 Å². The van der Waals surface area contributed by atoms with Crippen LogP contribution in [0.4, 0.5) is 4.39 Å². The third-order valence-corrected chi connectivity index (χ3v) is 3.33. The SMILES string of the molecule is Cc1ccc(-c2ccc(O)c3cccc(F)c23)cc1. The molecule has 0 radical (unpaired) electrons. The summed E-state index contributed by atoms with van der Waals surface area (Å²) in [5.41, 5.74) is 2.90. The summed E-state index contributed by atoms with van der Waals surface area (Å²) < 4.78 is 14.1. The fourth-order valence-electron chi connectivity index (χ4n) is 2.32. The van der Waals surface area contributed by atoms with Crippen molar-refractivity contribution in [2.75, 3.05) is 0 Å². The van der Waals surface area contributed by atoms with Crippen molar-refractivity contribution in [3.8, 4) is 16.9 Å². The normalized spacial score (nSPS) is 10.8. The van der Waals surface area contributed by atoms with Gasteiger partial charge in [-0.05, 0) is 36.2 Å². The molecule has 0 unspecified atom stereocenters. The molecule has 0 heterocycles. The molecule has 3 aromatic carbocycles. The molecule has 0 amide bonds. The predicted octanol–water partition coefficient (Wildman–Crippen LogP) is 4.66. The summed E-state index contributed by atoms with van der Waals surface area (Å²) in [5, 5.41) is 10.8. The summed E-state index contributed by atoms with van der Waals surface area (Å²) in [7, 11) is 0. The summed E-state index contributed by atoms with van der Waals surface area (Å²) in [6.45, 7) is 2.01. The summed E-state index contributed by atoms with van der Waals surface area (Å²) >= 11 is 0. The fourth-order valence-corrected chi connectivity index (χ4v) is 2.32. The van der Waals surface area contributed by atoms with Crippen molar-refractivity contribution in [3.05, 3.63) is 66.0 Å². The molecule has 2 heteroatoms. The van der Waals surface area contributed by atoms with Crippen LogP contribution < -0.4 is 0 Å². The second-order valence-electron chi connectivity index (χ2n) is 4.66. The van der Waals surface area contributed by atoms with E-state index >= 15 is 0 Å². The quantitative estimate of drug-likeness (QED) is 0.667. The molecule has 3 aromatic rings. The first-order valence-electron chi connectivity index (χ1n) is 6.14. The van der Waals surface area contributed by atoms with Crippen molar-refractivity contribution in [1.29, 1.82) is 0 Å². The van der Waals surface area contributed by atoms with E-state index in [4.69, 9.17) is 0 Å². The van der Waals surface area contributed by atoms with E-state index in [1.807, 2.05) is 31.2 Å². The smallest absolute Gasteiger partial charge is 0.131 e. The fraction of sp³-hybridized carbons (Fsp3) is 0.0588. The molecule has 3 rings (SSSR count). The van der Waals surface area contributed by atoms with Gasteiger partial charge in [-0.1, -0.05) is 42.0 Å². The third-order valence-electron chi connectivity index (χ3n) is 3.33. The minimum atomic E-state index is -0.316. The van der Waals surface area contributed by atoms with Crippen LogP contribution in [0, 0.1) is 12.7 Å². The number of phenols is 1. The van der Waals surface area contributed by atoms with Crippen LogP contribution in [-0.4, -0.2) is 5.11 Å². The Labute approximate surface area is 110 Å². The molecular weight excluding hydrogens is 239 g/mol. The van der Waals surface area contributed by atoms with E-state index < -0.39 is 0 Å². The Bertz CT molecular complexity index is 745. The van der Waals surface area contributed by atoms with Gasteiger partial charge in [0.1, 0.15) is 11.6 Å². The lowest BCUT2D eigenvalue weighted by Gasteiger charge is -2.09. The molecular formula is C17H13FO. The molecule has 0 aliphatic heterocycles. The molecule has 0 aliphatic rings. The Balaban J connectivity index is 2.36. The summed E-state index contributed by atoms with van der Waals surface area (Å²) in [4.78, 5) is 0. The molecule has 0 aliphatic carbocycles. The van der Waals surface area contributed by atoms with E-state index in [0.29, 0.717) is 10.8 Å². The first-order chi connectivity index (χ1) is 9.16. The average Bonchev–Trinajstić information content (AvgIpc) is 2.41. The van der Waals surface area contributed by atoms with Crippen LogP contribution in [0.3, 0.4) is 0 Å². The van der Waals surface area contributed by atoms with E-state index in [0.717, 1.165) is 16.7 Å². The molecule has 19 heavy (non-hydrogen) atoms. The summed E-state index contributed by atoms with van der Waals surface area (Å²) in [6.07, 6.45) is 0. The zero-order valence-corrected chi connectivity index (χ0v) is 10.5. The predicted molar refractivity (Wildman–Crippen MR) is 75.7 cm³/mol. The van der Waals surface area contributed by atoms with Crippen molar-refractivity contribution in [2.24, 2.45) is 0 Å². The number of fused-ring (bicyclic) bond motifs is 1. The molecule has 0 bridgehead atoms. The second kappa shape index (κ2) is 4.39. The molecule has 0 atom stereocenters. The molecule has 0 saturated carbocycles. The Morgan fingerprint density at radius 3 is 2.37 bits per heavy atom. The number of hydrogen-bond donors (Lipinski definition) is 1. The number of rotatable bonds is 1. The second-order valence-corrected chi connectivity index (χ2v) is 4.66. The van der Waals surface area contributed by atoms with Crippen LogP contribution in [0.5, 0.6) is 5.75 Å². The van der Waals surface area contributed by atoms with Gasteiger partial charge in [0, 0.05) is 10.8 Å². The van der Waals surface area contributed by atoms with E-state index in [2.05, 4.69) is 0 Å². The Morgan fingerprint density at radius 2 is 1.63 bits per heavy atom. The first-order valence-corrected chi connectivity index (χ1v) is 6.14. The van der Waals surface area contributed by atoms with Crippen molar-refractivity contribution >= 4 is 10.8 Å². The zero-order valence-electron chi connectivity index (χ0n) is 10.5. The van der Waals surface area contributed by atoms with Crippen LogP contribution in [0.15, 0.2) is 54.6 Å². The van der Waals surface area contributed by atoms with E-state index in [1.165, 1.54) is 6.07 Å². The largest absolute Gasteiger partial charge is 0.507 e. The van der Waals surface area contributed by atoms with Gasteiger partial charge in [-0.25, -0.2) is 4.39 Å². The molecule has 1 nitrogen and oxygen atoms in total. The maximum atomic E-state index is 14.1. The molecule has 0 fully saturated rings. The highest BCUT2D eigenvalue weighted by Gasteiger charge is 2.11. The zero-order chi connectivity index (χ0) is 13.4. The number of aryl methyl sites for hydroxylation is 1. The highest BCUT2D eigenvalue weighted by molar-refractivity contribution is 6.00. The number of halogens is 1. The van der Waals surface area contributed by atoms with E-state index in [9.17, 15) is 9.50 Å². The lowest BCUT2D eigenvalue weighted by atomic mass is 9.97. The van der Waals surface area contributed by atoms with Gasteiger partial charge in [0.05, 0.1) is 0 Å². The lowest BCUT2D eigenvalue weighted by molar-refractivity contribution is 0.481. The minimum absolute atomic E-state index is 0.102. The van der Waals surface area contributed by atoms with Crippen LogP contribution in [0.1, 0.15) is 5.56 Å². The number of aromatic hydroxyl groups is 1. The Morgan fingerprint density at radius 1 is 0.895 bits per heavy atom. The van der Waals surface area contributed by atoms with Gasteiger partial charge in [0.15, 0.2) is 0 Å². The van der Waals surface area contributed by atoms with Crippen LogP contribution in [0.25, 0.3) is 21.9 Å². The number of phenolic OH excluding ortho intramolecular Hbond substituents is 1. The van der Waals surface area contributed by atoms with Gasteiger partial charge >= 0.3 is 0 Å². The highest BCUT2D eigenvalue weighted by atomic mass is 19.1. The number of hydrogen-bond acceptors (Lipinski definition) is 1. The maximum absolute atomic E-state index is 14.1. The molecule has 0 spiro atoms. The van der Waals surface area contributed by atoms with Crippen LogP contribution in [0.2, 0.25) is 0 Å². The van der Waals surface area contributed by atoms with Gasteiger partial charge in [-0.15, -0.1) is 0 Å². The van der Waals surface area contributed by atoms with Gasteiger partial charge < -0.3 is 5.11 Å². The summed E-state index contributed by atoms with van der Waals surface area (Å²) in [5.74, 6) is -0.214. The Hall–Kier alpha value is -2.35. The van der Waals surface area contributed by atoms with E-state index in [-0.39, 0.29) is 11.6 Å². The van der Waals surface area contributed by atoms with Crippen molar-refractivity contribution < 1.29 is 9.50 Å². The molecule has 1 N–H and O–H groups in total. The third kappa shape index (κ3) is 1.95.